The van der Waals surface area contributed by atoms with E-state index in [1.807, 2.05) is 24.0 Å². The van der Waals surface area contributed by atoms with Crippen molar-refractivity contribution in [1.29, 1.82) is 0 Å². The zero-order valence-corrected chi connectivity index (χ0v) is 18.1. The van der Waals surface area contributed by atoms with Crippen LogP contribution < -0.4 is 10.6 Å². The van der Waals surface area contributed by atoms with Crippen LogP contribution in [0.3, 0.4) is 0 Å². The summed E-state index contributed by atoms with van der Waals surface area (Å²) < 4.78 is 0. The first kappa shape index (κ1) is 20.5. The summed E-state index contributed by atoms with van der Waals surface area (Å²) in [6.07, 6.45) is 5.24. The predicted molar refractivity (Wildman–Crippen MR) is 118 cm³/mol. The molecule has 0 amide bonds. The van der Waals surface area contributed by atoms with Crippen molar-refractivity contribution in [3.63, 3.8) is 0 Å². The van der Waals surface area contributed by atoms with E-state index in [0.717, 1.165) is 54.0 Å². The summed E-state index contributed by atoms with van der Waals surface area (Å²) in [4.78, 5) is 4.62. The number of aromatic nitrogens is 1. The monoisotopic (exact) mass is 403 g/mol. The van der Waals surface area contributed by atoms with Gasteiger partial charge in [0.1, 0.15) is 0 Å². The lowest BCUT2D eigenvalue weighted by atomic mass is 9.94. The molecule has 3 rings (SSSR count). The molecule has 0 saturated heterocycles. The second-order valence-corrected chi connectivity index (χ2v) is 9.85. The molecule has 0 spiro atoms. The summed E-state index contributed by atoms with van der Waals surface area (Å²) in [6, 6.07) is 8.47. The van der Waals surface area contributed by atoms with Crippen LogP contribution in [0.2, 0.25) is 5.02 Å². The number of hydrogen-bond acceptors (Lipinski definition) is 4. The van der Waals surface area contributed by atoms with Gasteiger partial charge in [0, 0.05) is 12.7 Å². The number of fused-ring (bicyclic) bond motifs is 1. The summed E-state index contributed by atoms with van der Waals surface area (Å²) in [7, 11) is 0. The van der Waals surface area contributed by atoms with E-state index >= 15 is 0 Å². The van der Waals surface area contributed by atoms with Crippen molar-refractivity contribution in [3.8, 4) is 0 Å². The first-order valence-corrected chi connectivity index (χ1v) is 11.1. The number of rotatable bonds is 6. The van der Waals surface area contributed by atoms with Crippen molar-refractivity contribution in [2.24, 2.45) is 5.41 Å². The SMILES string of the molecule is CC(C)(C)CCSc1ccc(CNc2c(Cl)ccc3c2CCNCC3)cn1. The molecule has 0 radical (unpaired) electrons. The van der Waals surface area contributed by atoms with Crippen molar-refractivity contribution in [3.05, 3.63) is 52.2 Å². The Balaban J connectivity index is 1.60. The number of thioether (sulfide) groups is 1. The van der Waals surface area contributed by atoms with E-state index in [-0.39, 0.29) is 0 Å². The van der Waals surface area contributed by atoms with E-state index < -0.39 is 0 Å². The van der Waals surface area contributed by atoms with Gasteiger partial charge < -0.3 is 10.6 Å². The van der Waals surface area contributed by atoms with Gasteiger partial charge in [-0.1, -0.05) is 44.5 Å². The van der Waals surface area contributed by atoms with E-state index in [1.165, 1.54) is 23.1 Å². The van der Waals surface area contributed by atoms with Gasteiger partial charge in [-0.15, -0.1) is 11.8 Å². The highest BCUT2D eigenvalue weighted by molar-refractivity contribution is 7.99. The third-order valence-electron chi connectivity index (χ3n) is 4.85. The van der Waals surface area contributed by atoms with Crippen LogP contribution in [0.15, 0.2) is 35.5 Å². The molecule has 0 fully saturated rings. The molecule has 1 aliphatic rings. The molecule has 0 atom stereocenters. The van der Waals surface area contributed by atoms with Crippen molar-refractivity contribution >= 4 is 29.1 Å². The Hall–Kier alpha value is -1.23. The average Bonchev–Trinajstić information content (AvgIpc) is 2.86. The van der Waals surface area contributed by atoms with Crippen LogP contribution in [0.1, 0.15) is 43.9 Å². The maximum absolute atomic E-state index is 6.50. The smallest absolute Gasteiger partial charge is 0.0960 e. The maximum atomic E-state index is 6.50. The Morgan fingerprint density at radius 1 is 1.15 bits per heavy atom. The lowest BCUT2D eigenvalue weighted by molar-refractivity contribution is 0.401. The van der Waals surface area contributed by atoms with Crippen LogP contribution in [0.4, 0.5) is 5.69 Å². The molecular weight excluding hydrogens is 374 g/mol. The van der Waals surface area contributed by atoms with E-state index in [2.05, 4.69) is 54.6 Å². The summed E-state index contributed by atoms with van der Waals surface area (Å²) in [5.41, 5.74) is 5.39. The topological polar surface area (TPSA) is 37.0 Å². The summed E-state index contributed by atoms with van der Waals surface area (Å²) >= 11 is 8.33. The van der Waals surface area contributed by atoms with Gasteiger partial charge in [0.2, 0.25) is 0 Å². The molecule has 2 N–H and O–H groups in total. The first-order valence-electron chi connectivity index (χ1n) is 9.75. The van der Waals surface area contributed by atoms with E-state index in [9.17, 15) is 0 Å². The molecule has 0 unspecified atom stereocenters. The maximum Gasteiger partial charge on any atom is 0.0960 e. The number of hydrogen-bond donors (Lipinski definition) is 2. The molecule has 2 heterocycles. The molecule has 0 saturated carbocycles. The Kier molecular flexibility index (Phi) is 7.07. The highest BCUT2D eigenvalue weighted by atomic mass is 35.5. The molecule has 146 valence electrons. The van der Waals surface area contributed by atoms with E-state index in [0.29, 0.717) is 5.41 Å². The van der Waals surface area contributed by atoms with Crippen LogP contribution >= 0.6 is 23.4 Å². The zero-order chi connectivity index (χ0) is 19.3. The molecule has 27 heavy (non-hydrogen) atoms. The van der Waals surface area contributed by atoms with Crippen LogP contribution in [0.25, 0.3) is 0 Å². The van der Waals surface area contributed by atoms with Crippen LogP contribution in [-0.4, -0.2) is 23.8 Å². The van der Waals surface area contributed by atoms with E-state index in [1.54, 1.807) is 0 Å². The Morgan fingerprint density at radius 2 is 1.96 bits per heavy atom. The minimum atomic E-state index is 0.374. The van der Waals surface area contributed by atoms with Crippen LogP contribution in [0, 0.1) is 5.41 Å². The van der Waals surface area contributed by atoms with Crippen molar-refractivity contribution < 1.29 is 0 Å². The molecule has 2 aromatic rings. The van der Waals surface area contributed by atoms with Gasteiger partial charge in [0.05, 0.1) is 15.7 Å². The fourth-order valence-corrected chi connectivity index (χ4v) is 4.65. The minimum Gasteiger partial charge on any atom is -0.379 e. The van der Waals surface area contributed by atoms with Gasteiger partial charge in [-0.25, -0.2) is 4.98 Å². The van der Waals surface area contributed by atoms with Gasteiger partial charge in [0.15, 0.2) is 0 Å². The Labute approximate surface area is 172 Å². The fourth-order valence-electron chi connectivity index (χ4n) is 3.19. The third kappa shape index (κ3) is 6.13. The molecule has 3 nitrogen and oxygen atoms in total. The van der Waals surface area contributed by atoms with Gasteiger partial charge in [-0.2, -0.15) is 0 Å². The quantitative estimate of drug-likeness (QED) is 0.619. The second kappa shape index (κ2) is 9.31. The summed E-state index contributed by atoms with van der Waals surface area (Å²) in [5.74, 6) is 1.11. The zero-order valence-electron chi connectivity index (χ0n) is 16.6. The standard InChI is InChI=1S/C22H30ClN3S/c1-22(2,3)10-13-27-20-7-4-16(14-25-20)15-26-21-18-9-12-24-11-8-17(18)5-6-19(21)23/h4-7,14,24,26H,8-13,15H2,1-3H3. The number of benzene rings is 1. The van der Waals surface area contributed by atoms with E-state index in [4.69, 9.17) is 11.6 Å². The lowest BCUT2D eigenvalue weighted by Gasteiger charge is -2.17. The van der Waals surface area contributed by atoms with Crippen molar-refractivity contribution in [2.45, 2.75) is 51.6 Å². The van der Waals surface area contributed by atoms with Gasteiger partial charge in [0.25, 0.3) is 0 Å². The first-order chi connectivity index (χ1) is 12.9. The molecule has 0 bridgehead atoms. The molecule has 5 heteroatoms. The molecule has 1 aromatic heterocycles. The normalized spacial score (nSPS) is 14.5. The van der Waals surface area contributed by atoms with Crippen molar-refractivity contribution in [2.75, 3.05) is 24.2 Å². The largest absolute Gasteiger partial charge is 0.379 e. The third-order valence-corrected chi connectivity index (χ3v) is 6.11. The number of pyridine rings is 1. The van der Waals surface area contributed by atoms with Crippen LogP contribution in [0.5, 0.6) is 0 Å². The highest BCUT2D eigenvalue weighted by Gasteiger charge is 2.15. The fraction of sp³-hybridized carbons (Fsp3) is 0.500. The average molecular weight is 404 g/mol. The predicted octanol–water partition coefficient (Wildman–Crippen LogP) is 5.56. The number of nitrogens with one attached hydrogen (secondary N) is 2. The Morgan fingerprint density at radius 3 is 2.70 bits per heavy atom. The Bertz CT molecular complexity index is 753. The summed E-state index contributed by atoms with van der Waals surface area (Å²) in [6.45, 7) is 9.61. The summed E-state index contributed by atoms with van der Waals surface area (Å²) in [5, 5.41) is 8.93. The van der Waals surface area contributed by atoms with Crippen LogP contribution in [-0.2, 0) is 19.4 Å². The molecular formula is C22H30ClN3S. The van der Waals surface area contributed by atoms with Crippen molar-refractivity contribution in [1.82, 2.24) is 10.3 Å². The number of nitrogens with zero attached hydrogens (tertiary/aromatic N) is 1. The number of anilines is 1. The number of halogens is 1. The van der Waals surface area contributed by atoms with Gasteiger partial charge in [-0.05, 0) is 72.3 Å². The second-order valence-electron chi connectivity index (χ2n) is 8.33. The molecule has 1 aromatic carbocycles. The minimum absolute atomic E-state index is 0.374. The van der Waals surface area contributed by atoms with Gasteiger partial charge in [-0.3, -0.25) is 0 Å². The lowest BCUT2D eigenvalue weighted by Crippen LogP contribution is -2.16. The van der Waals surface area contributed by atoms with Gasteiger partial charge >= 0.3 is 0 Å². The molecule has 1 aliphatic heterocycles. The highest BCUT2D eigenvalue weighted by Crippen LogP contribution is 2.31. The molecule has 0 aliphatic carbocycles.